The normalized spacial score (nSPS) is 17.0. The van der Waals surface area contributed by atoms with E-state index in [0.717, 1.165) is 50.7 Å². The lowest BCUT2D eigenvalue weighted by molar-refractivity contribution is -0.384. The molecule has 0 spiro atoms. The van der Waals surface area contributed by atoms with Gasteiger partial charge in [-0.25, -0.2) is 16.8 Å². The average Bonchev–Trinajstić information content (AvgIpc) is 2.88. The minimum atomic E-state index is -4.52. The second-order valence-electron chi connectivity index (χ2n) is 9.26. The summed E-state index contributed by atoms with van der Waals surface area (Å²) >= 11 is 0. The highest BCUT2D eigenvalue weighted by Crippen LogP contribution is 2.35. The number of anilines is 2. The van der Waals surface area contributed by atoms with Crippen molar-refractivity contribution in [1.82, 2.24) is 0 Å². The van der Waals surface area contributed by atoms with Gasteiger partial charge in [0.05, 0.1) is 19.6 Å². The smallest absolute Gasteiger partial charge is 0.293 e. The third kappa shape index (κ3) is 5.85. The summed E-state index contributed by atoms with van der Waals surface area (Å²) < 4.78 is 52.2. The number of hydrogen-bond donors (Lipinski definition) is 0. The van der Waals surface area contributed by atoms with Gasteiger partial charge in [-0.1, -0.05) is 0 Å². The molecular weight excluding hydrogens is 524 g/mol. The topological polar surface area (TPSA) is 161 Å². The van der Waals surface area contributed by atoms with Gasteiger partial charge in [-0.2, -0.15) is 0 Å². The first-order chi connectivity index (χ1) is 17.5. The van der Waals surface area contributed by atoms with Crippen molar-refractivity contribution in [2.75, 3.05) is 41.1 Å². The van der Waals surface area contributed by atoms with Crippen LogP contribution in [0.5, 0.6) is 0 Å². The Labute approximate surface area is 215 Å². The van der Waals surface area contributed by atoms with Gasteiger partial charge in [0.25, 0.3) is 11.4 Å². The van der Waals surface area contributed by atoms with E-state index in [-0.39, 0.29) is 11.4 Å². The fourth-order valence-corrected chi connectivity index (χ4v) is 8.69. The lowest BCUT2D eigenvalue weighted by Gasteiger charge is -2.28. The Kier molecular flexibility index (Phi) is 7.69. The minimum absolute atomic E-state index is 0.287. The van der Waals surface area contributed by atoms with E-state index in [0.29, 0.717) is 26.2 Å². The summed E-state index contributed by atoms with van der Waals surface area (Å²) in [7, 11) is -9.05. The molecule has 12 nitrogen and oxygen atoms in total. The number of nitro benzene ring substituents is 2. The SMILES string of the molecule is O=[N+]([O-])c1cc(S(=O)(=O)CS(=O)(=O)c2ccc(N3CCCCC3)c([N+](=O)[O-])c2)ccc1N1CCCCC1. The predicted octanol–water partition coefficient (Wildman–Crippen LogP) is 3.69. The summed E-state index contributed by atoms with van der Waals surface area (Å²) in [6.07, 6.45) is 5.45. The lowest BCUT2D eigenvalue weighted by atomic mass is 10.1. The Hall–Kier alpha value is -3.26. The summed E-state index contributed by atoms with van der Waals surface area (Å²) in [6, 6.07) is 6.78. The number of benzene rings is 2. The summed E-state index contributed by atoms with van der Waals surface area (Å²) in [6.45, 7) is 2.42. The van der Waals surface area contributed by atoms with Crippen LogP contribution in [0.3, 0.4) is 0 Å². The Bertz CT molecular complexity index is 1310. The summed E-state index contributed by atoms with van der Waals surface area (Å²) in [5.41, 5.74) is -0.255. The second-order valence-corrected chi connectivity index (χ2v) is 13.6. The molecule has 0 atom stereocenters. The molecule has 0 N–H and O–H groups in total. The standard InChI is InChI=1S/C23H28N4O8S2/c28-26(29)22-15-18(7-9-20(22)24-11-3-1-4-12-24)36(32,33)17-37(34,35)19-8-10-21(23(16-19)27(30)31)25-13-5-2-6-14-25/h7-10,15-16H,1-6,11-14,17H2. The molecule has 0 aromatic heterocycles. The number of piperidine rings is 2. The van der Waals surface area contributed by atoms with Crippen LogP contribution in [0.15, 0.2) is 46.2 Å². The third-order valence-electron chi connectivity index (χ3n) is 6.71. The largest absolute Gasteiger partial charge is 0.366 e. The van der Waals surface area contributed by atoms with Gasteiger partial charge in [0.15, 0.2) is 24.8 Å². The van der Waals surface area contributed by atoms with Crippen LogP contribution in [0.25, 0.3) is 0 Å². The minimum Gasteiger partial charge on any atom is -0.366 e. The van der Waals surface area contributed by atoms with Crippen LogP contribution in [0.2, 0.25) is 0 Å². The molecule has 0 amide bonds. The Morgan fingerprint density at radius 3 is 1.30 bits per heavy atom. The molecule has 0 bridgehead atoms. The van der Waals surface area contributed by atoms with Gasteiger partial charge >= 0.3 is 0 Å². The molecule has 37 heavy (non-hydrogen) atoms. The monoisotopic (exact) mass is 552 g/mol. The molecule has 0 saturated carbocycles. The summed E-state index contributed by atoms with van der Waals surface area (Å²) in [4.78, 5) is 24.7. The van der Waals surface area contributed by atoms with Gasteiger partial charge in [0, 0.05) is 38.3 Å². The van der Waals surface area contributed by atoms with Crippen LogP contribution >= 0.6 is 0 Å². The predicted molar refractivity (Wildman–Crippen MR) is 138 cm³/mol. The van der Waals surface area contributed by atoms with Crippen molar-refractivity contribution < 1.29 is 26.7 Å². The molecule has 2 heterocycles. The molecule has 2 aliphatic heterocycles. The molecule has 0 unspecified atom stereocenters. The zero-order valence-electron chi connectivity index (χ0n) is 20.1. The van der Waals surface area contributed by atoms with E-state index in [1.165, 1.54) is 24.3 Å². The molecule has 2 aromatic rings. The van der Waals surface area contributed by atoms with E-state index in [1.54, 1.807) is 0 Å². The number of hydrogen-bond acceptors (Lipinski definition) is 10. The van der Waals surface area contributed by atoms with Crippen molar-refractivity contribution in [1.29, 1.82) is 0 Å². The van der Waals surface area contributed by atoms with Gasteiger partial charge in [-0.3, -0.25) is 20.2 Å². The van der Waals surface area contributed by atoms with Crippen molar-refractivity contribution in [2.24, 2.45) is 0 Å². The maximum atomic E-state index is 13.1. The van der Waals surface area contributed by atoms with Crippen molar-refractivity contribution in [3.8, 4) is 0 Å². The fraction of sp³-hybridized carbons (Fsp3) is 0.478. The highest BCUT2D eigenvalue weighted by Gasteiger charge is 2.32. The molecule has 4 rings (SSSR count). The maximum absolute atomic E-state index is 13.1. The van der Waals surface area contributed by atoms with Gasteiger partial charge in [0.1, 0.15) is 11.4 Å². The van der Waals surface area contributed by atoms with E-state index >= 15 is 0 Å². The van der Waals surface area contributed by atoms with Crippen molar-refractivity contribution in [3.05, 3.63) is 56.6 Å². The van der Waals surface area contributed by atoms with Crippen molar-refractivity contribution in [3.63, 3.8) is 0 Å². The molecule has 0 radical (unpaired) electrons. The number of rotatable bonds is 8. The quantitative estimate of drug-likeness (QED) is 0.349. The van der Waals surface area contributed by atoms with Crippen LogP contribution in [0, 0.1) is 20.2 Å². The summed E-state index contributed by atoms with van der Waals surface area (Å²) in [5, 5.41) is 22.0. The third-order valence-corrected chi connectivity index (χ3v) is 11.1. The van der Waals surface area contributed by atoms with Gasteiger partial charge in [0.2, 0.25) is 0 Å². The van der Waals surface area contributed by atoms with E-state index < -0.39 is 55.8 Å². The summed E-state index contributed by atoms with van der Waals surface area (Å²) in [5.74, 6) is 0. The van der Waals surface area contributed by atoms with Gasteiger partial charge in [-0.15, -0.1) is 0 Å². The first-order valence-corrected chi connectivity index (χ1v) is 15.3. The average molecular weight is 553 g/mol. The first-order valence-electron chi connectivity index (χ1n) is 12.0. The molecule has 2 aromatic carbocycles. The van der Waals surface area contributed by atoms with E-state index in [1.807, 2.05) is 9.80 Å². The maximum Gasteiger partial charge on any atom is 0.293 e. The molecular formula is C23H28N4O8S2. The molecule has 14 heteroatoms. The van der Waals surface area contributed by atoms with Crippen LogP contribution in [0.1, 0.15) is 38.5 Å². The second kappa shape index (κ2) is 10.6. The number of sulfone groups is 2. The molecule has 2 aliphatic rings. The lowest BCUT2D eigenvalue weighted by Crippen LogP contribution is -2.30. The fourth-order valence-electron chi connectivity index (χ4n) is 4.83. The van der Waals surface area contributed by atoms with E-state index in [9.17, 15) is 37.1 Å². The molecule has 0 aliphatic carbocycles. The molecule has 200 valence electrons. The zero-order valence-corrected chi connectivity index (χ0v) is 21.7. The number of nitro groups is 2. The Morgan fingerprint density at radius 2 is 0.973 bits per heavy atom. The van der Waals surface area contributed by atoms with E-state index in [2.05, 4.69) is 0 Å². The van der Waals surface area contributed by atoms with Gasteiger partial charge in [-0.05, 0) is 62.8 Å². The molecule has 2 fully saturated rings. The zero-order chi connectivity index (χ0) is 26.8. The van der Waals surface area contributed by atoms with Crippen LogP contribution in [-0.2, 0) is 19.7 Å². The van der Waals surface area contributed by atoms with Crippen LogP contribution in [-0.4, -0.2) is 57.9 Å². The molecule has 2 saturated heterocycles. The van der Waals surface area contributed by atoms with E-state index in [4.69, 9.17) is 0 Å². The number of nitrogens with zero attached hydrogens (tertiary/aromatic N) is 4. The Balaban J connectivity index is 1.64. The highest BCUT2D eigenvalue weighted by molar-refractivity contribution is 8.08. The van der Waals surface area contributed by atoms with Crippen molar-refractivity contribution in [2.45, 2.75) is 48.3 Å². The van der Waals surface area contributed by atoms with Gasteiger partial charge < -0.3 is 9.80 Å². The first kappa shape index (κ1) is 26.8. The van der Waals surface area contributed by atoms with Crippen LogP contribution < -0.4 is 9.80 Å². The van der Waals surface area contributed by atoms with Crippen molar-refractivity contribution >= 4 is 42.4 Å². The highest BCUT2D eigenvalue weighted by atomic mass is 32.3. The van der Waals surface area contributed by atoms with Crippen LogP contribution in [0.4, 0.5) is 22.7 Å². The Morgan fingerprint density at radius 1 is 0.622 bits per heavy atom.